The lowest BCUT2D eigenvalue weighted by atomic mass is 9.88. The fourth-order valence-corrected chi connectivity index (χ4v) is 5.37. The van der Waals surface area contributed by atoms with Gasteiger partial charge in [0, 0.05) is 23.8 Å². The van der Waals surface area contributed by atoms with Crippen molar-refractivity contribution in [2.24, 2.45) is 0 Å². The number of benzene rings is 2. The van der Waals surface area contributed by atoms with Gasteiger partial charge in [0.2, 0.25) is 5.91 Å². The number of thiophene rings is 1. The number of nitrogens with one attached hydrogen (secondary N) is 1. The molecule has 1 aliphatic heterocycles. The van der Waals surface area contributed by atoms with Crippen LogP contribution in [0.4, 0.5) is 9.80 Å². The smallest absolute Gasteiger partial charge is 0.410 e. The van der Waals surface area contributed by atoms with Crippen molar-refractivity contribution in [3.8, 4) is 6.07 Å². The first-order valence-corrected chi connectivity index (χ1v) is 11.8. The lowest BCUT2D eigenvalue weighted by Gasteiger charge is -2.25. The van der Waals surface area contributed by atoms with Gasteiger partial charge in [0.05, 0.1) is 18.7 Å². The number of hydrogen-bond acceptors (Lipinski definition) is 5. The summed E-state index contributed by atoms with van der Waals surface area (Å²) in [6.45, 7) is 2.98. The van der Waals surface area contributed by atoms with Crippen LogP contribution in [0.15, 0.2) is 60.7 Å². The standard InChI is InChI=1S/C26H25N3O3S/c1-2-32-26(31)29-14-13-20-22(16-27)25(33-23(20)17-29)28-24(30)15-21(18-9-5-3-6-10-18)19-11-7-4-8-12-19/h3-12,21H,2,13-15,17H2,1H3,(H,28,30). The number of fused-ring (bicyclic) bond motifs is 1. The molecule has 0 bridgehead atoms. The van der Waals surface area contributed by atoms with Crippen LogP contribution in [0, 0.1) is 11.3 Å². The molecule has 1 aliphatic rings. The third-order valence-electron chi connectivity index (χ3n) is 5.74. The number of rotatable bonds is 6. The van der Waals surface area contributed by atoms with Crippen molar-refractivity contribution < 1.29 is 14.3 Å². The highest BCUT2D eigenvalue weighted by atomic mass is 32.1. The molecule has 0 unspecified atom stereocenters. The van der Waals surface area contributed by atoms with Crippen LogP contribution in [0.25, 0.3) is 0 Å². The van der Waals surface area contributed by atoms with Gasteiger partial charge in [0.15, 0.2) is 0 Å². The summed E-state index contributed by atoms with van der Waals surface area (Å²) >= 11 is 1.37. The fourth-order valence-electron chi connectivity index (χ4n) is 4.14. The molecule has 2 heterocycles. The van der Waals surface area contributed by atoms with Crippen molar-refractivity contribution >= 4 is 28.3 Å². The van der Waals surface area contributed by atoms with Crippen molar-refractivity contribution in [1.29, 1.82) is 5.26 Å². The van der Waals surface area contributed by atoms with Gasteiger partial charge in [-0.3, -0.25) is 4.79 Å². The number of nitriles is 1. The molecule has 0 aliphatic carbocycles. The van der Waals surface area contributed by atoms with E-state index in [1.165, 1.54) is 11.3 Å². The molecule has 0 atom stereocenters. The zero-order valence-corrected chi connectivity index (χ0v) is 19.2. The Hall–Kier alpha value is -3.63. The predicted octanol–water partition coefficient (Wildman–Crippen LogP) is 5.30. The SMILES string of the molecule is CCOC(=O)N1CCc2c(sc(NC(=O)CC(c3ccccc3)c3ccccc3)c2C#N)C1. The lowest BCUT2D eigenvalue weighted by Crippen LogP contribution is -2.35. The molecular formula is C26H25N3O3S. The summed E-state index contributed by atoms with van der Waals surface area (Å²) in [5, 5.41) is 13.3. The van der Waals surface area contributed by atoms with Crippen molar-refractivity contribution in [3.05, 3.63) is 87.8 Å². The lowest BCUT2D eigenvalue weighted by molar-refractivity contribution is -0.116. The molecule has 4 rings (SSSR count). The Bertz CT molecular complexity index is 1130. The summed E-state index contributed by atoms with van der Waals surface area (Å²) in [5.74, 6) is -0.239. The Labute approximate surface area is 197 Å². The van der Waals surface area contributed by atoms with Crippen LogP contribution in [0.5, 0.6) is 0 Å². The molecule has 1 N–H and O–H groups in total. The Morgan fingerprint density at radius 1 is 1.12 bits per heavy atom. The zero-order valence-electron chi connectivity index (χ0n) is 18.4. The summed E-state index contributed by atoms with van der Waals surface area (Å²) in [4.78, 5) is 27.8. The van der Waals surface area contributed by atoms with E-state index in [0.717, 1.165) is 21.6 Å². The number of hydrogen-bond donors (Lipinski definition) is 1. The van der Waals surface area contributed by atoms with E-state index in [4.69, 9.17) is 4.74 Å². The highest BCUT2D eigenvalue weighted by Crippen LogP contribution is 2.37. The van der Waals surface area contributed by atoms with Crippen molar-refractivity contribution in [2.75, 3.05) is 18.5 Å². The molecule has 2 aromatic carbocycles. The molecule has 0 spiro atoms. The van der Waals surface area contributed by atoms with Gasteiger partial charge in [0.1, 0.15) is 11.1 Å². The molecule has 0 fully saturated rings. The summed E-state index contributed by atoms with van der Waals surface area (Å²) in [6, 6.07) is 22.2. The van der Waals surface area contributed by atoms with E-state index >= 15 is 0 Å². The van der Waals surface area contributed by atoms with Gasteiger partial charge >= 0.3 is 6.09 Å². The van der Waals surface area contributed by atoms with Crippen molar-refractivity contribution in [2.45, 2.75) is 32.2 Å². The van der Waals surface area contributed by atoms with Crippen LogP contribution in [-0.2, 0) is 22.5 Å². The Balaban J connectivity index is 1.54. The first-order valence-electron chi connectivity index (χ1n) is 11.0. The molecule has 0 radical (unpaired) electrons. The number of anilines is 1. The summed E-state index contributed by atoms with van der Waals surface area (Å²) < 4.78 is 5.11. The van der Waals surface area contributed by atoms with E-state index in [2.05, 4.69) is 11.4 Å². The highest BCUT2D eigenvalue weighted by Gasteiger charge is 2.28. The minimum absolute atomic E-state index is 0.0909. The average Bonchev–Trinajstić information content (AvgIpc) is 3.19. The van der Waals surface area contributed by atoms with Crippen LogP contribution in [-0.4, -0.2) is 30.1 Å². The van der Waals surface area contributed by atoms with E-state index in [-0.39, 0.29) is 24.3 Å². The van der Waals surface area contributed by atoms with E-state index in [0.29, 0.717) is 36.7 Å². The zero-order chi connectivity index (χ0) is 23.2. The molecular weight excluding hydrogens is 434 g/mol. The van der Waals surface area contributed by atoms with Gasteiger partial charge in [-0.25, -0.2) is 4.79 Å². The van der Waals surface area contributed by atoms with Crippen LogP contribution in [0.2, 0.25) is 0 Å². The monoisotopic (exact) mass is 459 g/mol. The van der Waals surface area contributed by atoms with Crippen LogP contribution in [0.1, 0.15) is 46.4 Å². The summed E-state index contributed by atoms with van der Waals surface area (Å²) in [5.41, 5.74) is 3.55. The molecule has 33 heavy (non-hydrogen) atoms. The molecule has 1 aromatic heterocycles. The number of carbonyl (C=O) groups excluding carboxylic acids is 2. The Kier molecular flexibility index (Phi) is 7.06. The van der Waals surface area contributed by atoms with Crippen molar-refractivity contribution in [3.63, 3.8) is 0 Å². The maximum atomic E-state index is 13.1. The first kappa shape index (κ1) is 22.6. The molecule has 3 aromatic rings. The minimum Gasteiger partial charge on any atom is -0.450 e. The fraction of sp³-hybridized carbons (Fsp3) is 0.269. The maximum absolute atomic E-state index is 13.1. The van der Waals surface area contributed by atoms with Crippen LogP contribution >= 0.6 is 11.3 Å². The van der Waals surface area contributed by atoms with E-state index in [1.54, 1.807) is 11.8 Å². The number of carbonyl (C=O) groups is 2. The molecule has 0 saturated carbocycles. The second-order valence-corrected chi connectivity index (χ2v) is 8.92. The third kappa shape index (κ3) is 5.07. The maximum Gasteiger partial charge on any atom is 0.410 e. The number of amides is 2. The topological polar surface area (TPSA) is 82.4 Å². The van der Waals surface area contributed by atoms with Crippen molar-refractivity contribution in [1.82, 2.24) is 4.90 Å². The molecule has 2 amide bonds. The normalized spacial score (nSPS) is 12.7. The van der Waals surface area contributed by atoms with Gasteiger partial charge in [-0.1, -0.05) is 60.7 Å². The van der Waals surface area contributed by atoms with Gasteiger partial charge < -0.3 is 15.0 Å². The predicted molar refractivity (Wildman–Crippen MR) is 128 cm³/mol. The quantitative estimate of drug-likeness (QED) is 0.543. The molecule has 7 heteroatoms. The summed E-state index contributed by atoms with van der Waals surface area (Å²) in [7, 11) is 0. The second-order valence-electron chi connectivity index (χ2n) is 7.82. The van der Waals surface area contributed by atoms with E-state index in [1.807, 2.05) is 60.7 Å². The van der Waals surface area contributed by atoms with E-state index in [9.17, 15) is 14.9 Å². The number of nitrogens with zero attached hydrogens (tertiary/aromatic N) is 2. The second kappa shape index (κ2) is 10.3. The highest BCUT2D eigenvalue weighted by molar-refractivity contribution is 7.16. The minimum atomic E-state index is -0.353. The molecule has 0 saturated heterocycles. The first-order chi connectivity index (χ1) is 16.1. The van der Waals surface area contributed by atoms with Crippen LogP contribution < -0.4 is 5.32 Å². The Morgan fingerprint density at radius 3 is 2.33 bits per heavy atom. The Morgan fingerprint density at radius 2 is 1.76 bits per heavy atom. The average molecular weight is 460 g/mol. The summed E-state index contributed by atoms with van der Waals surface area (Å²) in [6.07, 6.45) is 0.477. The van der Waals surface area contributed by atoms with Crippen LogP contribution in [0.3, 0.4) is 0 Å². The van der Waals surface area contributed by atoms with Gasteiger partial charge in [-0.2, -0.15) is 5.26 Å². The van der Waals surface area contributed by atoms with Gasteiger partial charge in [-0.05, 0) is 30.0 Å². The number of ether oxygens (including phenoxy) is 1. The van der Waals surface area contributed by atoms with E-state index < -0.39 is 0 Å². The van der Waals surface area contributed by atoms with Gasteiger partial charge in [0.25, 0.3) is 0 Å². The third-order valence-corrected chi connectivity index (χ3v) is 6.87. The van der Waals surface area contributed by atoms with Gasteiger partial charge in [-0.15, -0.1) is 11.3 Å². The largest absolute Gasteiger partial charge is 0.450 e. The molecule has 6 nitrogen and oxygen atoms in total. The molecule has 168 valence electrons.